The molecular weight excluding hydrogens is 304 g/mol. The van der Waals surface area contributed by atoms with Gasteiger partial charge in [-0.05, 0) is 30.9 Å². The number of H-pyrrole nitrogens is 1. The van der Waals surface area contributed by atoms with Gasteiger partial charge in [0.05, 0.1) is 6.04 Å². The average molecular weight is 328 g/mol. The Morgan fingerprint density at radius 2 is 2.21 bits per heavy atom. The number of carbonyl (C=O) groups excluding carboxylic acids is 2. The molecule has 1 fully saturated rings. The molecule has 0 aliphatic carbocycles. The number of aromatic amines is 1. The van der Waals surface area contributed by atoms with Crippen molar-refractivity contribution in [2.45, 2.75) is 38.3 Å². The number of hydrogen-bond donors (Lipinski definition) is 3. The Balaban J connectivity index is 1.65. The van der Waals surface area contributed by atoms with Crippen LogP contribution in [0.4, 0.5) is 0 Å². The predicted molar refractivity (Wildman–Crippen MR) is 93.4 cm³/mol. The first kappa shape index (κ1) is 16.5. The number of fused-ring (bicyclic) bond motifs is 1. The van der Waals surface area contributed by atoms with E-state index in [9.17, 15) is 9.59 Å². The van der Waals surface area contributed by atoms with Crippen LogP contribution in [-0.2, 0) is 16.0 Å². The fraction of sp³-hybridized carbons (Fsp3) is 0.444. The summed E-state index contributed by atoms with van der Waals surface area (Å²) in [5.74, 6) is -0.104. The molecular formula is C18H24N4O2. The maximum Gasteiger partial charge on any atom is 0.239 e. The Bertz CT molecular complexity index is 739. The largest absolute Gasteiger partial charge is 0.361 e. The predicted octanol–water partition coefficient (Wildman–Crippen LogP) is 1.16. The van der Waals surface area contributed by atoms with Gasteiger partial charge < -0.3 is 20.9 Å². The Labute approximate surface area is 141 Å². The zero-order valence-corrected chi connectivity index (χ0v) is 13.9. The number of nitrogens with one attached hydrogen (secondary N) is 2. The average Bonchev–Trinajstić information content (AvgIpc) is 2.97. The minimum absolute atomic E-state index is 0.0282. The summed E-state index contributed by atoms with van der Waals surface area (Å²) in [7, 11) is 0. The van der Waals surface area contributed by atoms with E-state index in [2.05, 4.69) is 10.3 Å². The van der Waals surface area contributed by atoms with Crippen LogP contribution in [0.3, 0.4) is 0 Å². The van der Waals surface area contributed by atoms with Crippen molar-refractivity contribution in [3.63, 3.8) is 0 Å². The fourth-order valence-corrected chi connectivity index (χ4v) is 3.44. The van der Waals surface area contributed by atoms with Crippen molar-refractivity contribution in [1.82, 2.24) is 15.2 Å². The molecule has 128 valence electrons. The first-order valence-corrected chi connectivity index (χ1v) is 8.41. The van der Waals surface area contributed by atoms with Crippen LogP contribution in [0.1, 0.15) is 25.3 Å². The number of hydrogen-bond acceptors (Lipinski definition) is 3. The maximum absolute atomic E-state index is 12.7. The van der Waals surface area contributed by atoms with E-state index < -0.39 is 6.04 Å². The molecule has 1 unspecified atom stereocenters. The normalized spacial score (nSPS) is 19.2. The van der Waals surface area contributed by atoms with Gasteiger partial charge in [-0.3, -0.25) is 9.59 Å². The van der Waals surface area contributed by atoms with Crippen LogP contribution >= 0.6 is 0 Å². The van der Waals surface area contributed by atoms with E-state index in [0.717, 1.165) is 29.3 Å². The Morgan fingerprint density at radius 1 is 1.42 bits per heavy atom. The second-order valence-corrected chi connectivity index (χ2v) is 6.49. The molecule has 1 aromatic heterocycles. The number of nitrogens with two attached hydrogens (primary N) is 1. The van der Waals surface area contributed by atoms with Crippen LogP contribution < -0.4 is 11.1 Å². The van der Waals surface area contributed by atoms with Gasteiger partial charge in [0.1, 0.15) is 0 Å². The lowest BCUT2D eigenvalue weighted by molar-refractivity contribution is -0.134. The van der Waals surface area contributed by atoms with E-state index in [1.54, 1.807) is 4.90 Å². The van der Waals surface area contributed by atoms with Gasteiger partial charge in [-0.25, -0.2) is 0 Å². The van der Waals surface area contributed by atoms with E-state index in [4.69, 9.17) is 5.73 Å². The smallest absolute Gasteiger partial charge is 0.239 e. The quantitative estimate of drug-likeness (QED) is 0.786. The summed E-state index contributed by atoms with van der Waals surface area (Å²) in [5.41, 5.74) is 8.29. The number of nitrogens with zero attached hydrogens (tertiary/aromatic N) is 1. The van der Waals surface area contributed by atoms with Crippen molar-refractivity contribution in [3.05, 3.63) is 36.0 Å². The molecule has 0 radical (unpaired) electrons. The summed E-state index contributed by atoms with van der Waals surface area (Å²) in [5, 5.41) is 4.00. The third kappa shape index (κ3) is 3.59. The zero-order valence-electron chi connectivity index (χ0n) is 13.9. The van der Waals surface area contributed by atoms with Gasteiger partial charge in [-0.1, -0.05) is 18.2 Å². The highest BCUT2D eigenvalue weighted by Crippen LogP contribution is 2.20. The molecule has 0 spiro atoms. The highest BCUT2D eigenvalue weighted by molar-refractivity contribution is 5.86. The molecule has 6 heteroatoms. The van der Waals surface area contributed by atoms with Crippen molar-refractivity contribution >= 4 is 22.7 Å². The number of aromatic nitrogens is 1. The lowest BCUT2D eigenvalue weighted by Crippen LogP contribution is -2.53. The monoisotopic (exact) mass is 328 g/mol. The van der Waals surface area contributed by atoms with Crippen LogP contribution in [0.15, 0.2) is 30.5 Å². The summed E-state index contributed by atoms with van der Waals surface area (Å²) >= 11 is 0. The van der Waals surface area contributed by atoms with Crippen molar-refractivity contribution in [2.24, 2.45) is 5.73 Å². The lowest BCUT2D eigenvalue weighted by Gasteiger charge is -2.34. The molecule has 0 saturated carbocycles. The molecule has 0 bridgehead atoms. The first-order chi connectivity index (χ1) is 11.5. The van der Waals surface area contributed by atoms with Crippen molar-refractivity contribution in [3.8, 4) is 0 Å². The van der Waals surface area contributed by atoms with Gasteiger partial charge in [-0.15, -0.1) is 0 Å². The summed E-state index contributed by atoms with van der Waals surface area (Å²) in [4.78, 5) is 28.9. The molecule has 1 saturated heterocycles. The number of likely N-dealkylation sites (tertiary alicyclic amines) is 1. The second kappa shape index (κ2) is 7.05. The van der Waals surface area contributed by atoms with Crippen LogP contribution in [0, 0.1) is 0 Å². The molecule has 2 atom stereocenters. The molecule has 4 N–H and O–H groups in total. The molecule has 2 amide bonds. The van der Waals surface area contributed by atoms with E-state index in [1.807, 2.05) is 30.5 Å². The number of amides is 2. The molecule has 1 aliphatic rings. The standard InChI is InChI=1S/C18H24N4O2/c1-12(23)21-14-5-4-8-22(11-14)18(24)16(19)9-13-10-20-17-7-3-2-6-15(13)17/h2-3,6-7,10,14,16,20H,4-5,8-9,11,19H2,1H3,(H,21,23)/t14?,16-/m0/s1. The van der Waals surface area contributed by atoms with Crippen LogP contribution in [0.5, 0.6) is 0 Å². The minimum atomic E-state index is -0.569. The third-order valence-electron chi connectivity index (χ3n) is 4.57. The van der Waals surface area contributed by atoms with E-state index in [1.165, 1.54) is 6.92 Å². The number of carbonyl (C=O) groups is 2. The Morgan fingerprint density at radius 3 is 3.00 bits per heavy atom. The summed E-state index contributed by atoms with van der Waals surface area (Å²) < 4.78 is 0. The molecule has 24 heavy (non-hydrogen) atoms. The minimum Gasteiger partial charge on any atom is -0.361 e. The topological polar surface area (TPSA) is 91.2 Å². The van der Waals surface area contributed by atoms with Crippen molar-refractivity contribution in [1.29, 1.82) is 0 Å². The summed E-state index contributed by atoms with van der Waals surface area (Å²) in [6.45, 7) is 2.75. The molecule has 1 aliphatic heterocycles. The van der Waals surface area contributed by atoms with Crippen molar-refractivity contribution in [2.75, 3.05) is 13.1 Å². The van der Waals surface area contributed by atoms with Crippen LogP contribution in [-0.4, -0.2) is 46.9 Å². The Kier molecular flexibility index (Phi) is 4.85. The Hall–Kier alpha value is -2.34. The SMILES string of the molecule is CC(=O)NC1CCCN(C(=O)[C@@H](N)Cc2c[nH]c3ccccc23)C1. The highest BCUT2D eigenvalue weighted by Gasteiger charge is 2.27. The summed E-state index contributed by atoms with van der Waals surface area (Å²) in [6, 6.07) is 7.46. The molecule has 3 rings (SSSR count). The third-order valence-corrected chi connectivity index (χ3v) is 4.57. The van der Waals surface area contributed by atoms with E-state index in [-0.39, 0.29) is 17.9 Å². The molecule has 6 nitrogen and oxygen atoms in total. The van der Waals surface area contributed by atoms with Gasteiger partial charge >= 0.3 is 0 Å². The molecule has 2 aromatic rings. The highest BCUT2D eigenvalue weighted by atomic mass is 16.2. The number of benzene rings is 1. The van der Waals surface area contributed by atoms with Crippen LogP contribution in [0.2, 0.25) is 0 Å². The maximum atomic E-state index is 12.7. The van der Waals surface area contributed by atoms with Gasteiger partial charge in [0.25, 0.3) is 0 Å². The molecule has 2 heterocycles. The second-order valence-electron chi connectivity index (χ2n) is 6.49. The van der Waals surface area contributed by atoms with E-state index in [0.29, 0.717) is 19.5 Å². The van der Waals surface area contributed by atoms with Gasteiger partial charge in [-0.2, -0.15) is 0 Å². The van der Waals surface area contributed by atoms with Crippen LogP contribution in [0.25, 0.3) is 10.9 Å². The van der Waals surface area contributed by atoms with E-state index >= 15 is 0 Å². The number of para-hydroxylation sites is 1. The zero-order chi connectivity index (χ0) is 17.1. The first-order valence-electron chi connectivity index (χ1n) is 8.41. The number of piperidine rings is 1. The fourth-order valence-electron chi connectivity index (χ4n) is 3.44. The summed E-state index contributed by atoms with van der Waals surface area (Å²) in [6.07, 6.45) is 4.22. The van der Waals surface area contributed by atoms with Gasteiger partial charge in [0.15, 0.2) is 0 Å². The number of rotatable bonds is 4. The molecule has 1 aromatic carbocycles. The van der Waals surface area contributed by atoms with Gasteiger partial charge in [0.2, 0.25) is 11.8 Å². The van der Waals surface area contributed by atoms with Crippen molar-refractivity contribution < 1.29 is 9.59 Å². The van der Waals surface area contributed by atoms with Gasteiger partial charge in [0, 0.05) is 43.2 Å². The lowest BCUT2D eigenvalue weighted by atomic mass is 10.0.